The van der Waals surface area contributed by atoms with Crippen molar-refractivity contribution in [2.45, 2.75) is 58.4 Å². The molecule has 0 aliphatic carbocycles. The van der Waals surface area contributed by atoms with Crippen LogP contribution in [0.5, 0.6) is 5.75 Å². The highest BCUT2D eigenvalue weighted by molar-refractivity contribution is 5.87. The number of halogens is 1. The normalized spacial score (nSPS) is 18.5. The minimum atomic E-state index is -0.204. The van der Waals surface area contributed by atoms with Crippen LogP contribution in [-0.2, 0) is 20.9 Å². The van der Waals surface area contributed by atoms with E-state index in [9.17, 15) is 9.59 Å². The van der Waals surface area contributed by atoms with E-state index in [-0.39, 0.29) is 24.3 Å². The van der Waals surface area contributed by atoms with Gasteiger partial charge in [-0.15, -0.1) is 0 Å². The van der Waals surface area contributed by atoms with Gasteiger partial charge < -0.3 is 31.3 Å². The quantitative estimate of drug-likeness (QED) is 0.196. The molecule has 1 aliphatic heterocycles. The van der Waals surface area contributed by atoms with E-state index >= 15 is 0 Å². The first kappa shape index (κ1) is 29.0. The Kier molecular flexibility index (Phi) is 13.8. The Balaban J connectivity index is 0.00000544. The molecule has 1 aromatic carbocycles. The molecule has 0 bridgehead atoms. The summed E-state index contributed by atoms with van der Waals surface area (Å²) in [5.74, 6) is 0.824. The van der Waals surface area contributed by atoms with Gasteiger partial charge >= 0.3 is 5.97 Å². The van der Waals surface area contributed by atoms with E-state index in [0.29, 0.717) is 6.61 Å². The van der Waals surface area contributed by atoms with E-state index in [0.717, 1.165) is 87.9 Å². The maximum absolute atomic E-state index is 12.6. The van der Waals surface area contributed by atoms with Crippen molar-refractivity contribution in [2.75, 3.05) is 46.9 Å². The zero-order chi connectivity index (χ0) is 23.2. The van der Waals surface area contributed by atoms with Crippen molar-refractivity contribution >= 4 is 11.9 Å². The first-order chi connectivity index (χ1) is 15.4. The molecule has 0 saturated carbocycles. The Labute approximate surface area is 205 Å². The summed E-state index contributed by atoms with van der Waals surface area (Å²) in [6.45, 7) is 6.63. The van der Waals surface area contributed by atoms with E-state index in [1.54, 1.807) is 13.2 Å². The average Bonchev–Trinajstić information content (AvgIpc) is 2.97. The number of amides is 1. The summed E-state index contributed by atoms with van der Waals surface area (Å²) in [6.07, 6.45) is 11.1. The molecule has 1 heterocycles. The zero-order valence-electron chi connectivity index (χ0n) is 20.6. The largest absolute Gasteiger partial charge is 1.00 e. The summed E-state index contributed by atoms with van der Waals surface area (Å²) in [4.78, 5) is 25.3. The van der Waals surface area contributed by atoms with Crippen molar-refractivity contribution in [2.24, 2.45) is 0 Å². The van der Waals surface area contributed by atoms with Gasteiger partial charge in [-0.25, -0.2) is 0 Å². The third kappa shape index (κ3) is 11.6. The molecule has 1 saturated heterocycles. The third-order valence-electron chi connectivity index (χ3n) is 6.15. The molecule has 0 spiro atoms. The average molecular weight is 481 g/mol. The number of allylic oxidation sites excluding steroid dienone is 1. The van der Waals surface area contributed by atoms with Gasteiger partial charge in [0, 0.05) is 25.5 Å². The fourth-order valence-electron chi connectivity index (χ4n) is 4.18. The number of likely N-dealkylation sites (N-methyl/N-ethyl adjacent to an activating group) is 1. The van der Waals surface area contributed by atoms with E-state index in [1.165, 1.54) is 12.5 Å². The molecule has 1 atom stereocenters. The summed E-state index contributed by atoms with van der Waals surface area (Å²) in [5.41, 5.74) is 1.30. The lowest BCUT2D eigenvalue weighted by Crippen LogP contribution is -3.00. The molecule has 0 aromatic heterocycles. The molecule has 33 heavy (non-hydrogen) atoms. The standard InChI is InChI=1S/C26H41N2O4.ClH/c1-23(29)32-21-10-8-6-4-5-7-9-12-26(30)27-17-11-19-28(2,20-18-27)22-24-13-15-25(31-3)16-14-24;/h9,12-16H,4-8,10-11,17-22H2,1-3H3;1H/q+1;/p-1/b12-9+;. The van der Waals surface area contributed by atoms with Crippen molar-refractivity contribution in [3.8, 4) is 5.75 Å². The van der Waals surface area contributed by atoms with Crippen LogP contribution >= 0.6 is 0 Å². The van der Waals surface area contributed by atoms with Gasteiger partial charge in [-0.3, -0.25) is 9.59 Å². The molecule has 0 radical (unpaired) electrons. The number of hydrogen-bond donors (Lipinski definition) is 0. The molecular weight excluding hydrogens is 440 g/mol. The highest BCUT2D eigenvalue weighted by Crippen LogP contribution is 2.19. The number of quaternary nitrogens is 1. The second kappa shape index (κ2) is 15.7. The number of rotatable bonds is 12. The Bertz CT molecular complexity index is 738. The molecule has 1 fully saturated rings. The van der Waals surface area contributed by atoms with E-state index in [2.05, 4.69) is 19.2 Å². The van der Waals surface area contributed by atoms with Crippen LogP contribution in [-0.4, -0.2) is 68.2 Å². The number of carbonyl (C=O) groups is 2. The van der Waals surface area contributed by atoms with Crippen LogP contribution in [0.3, 0.4) is 0 Å². The molecule has 1 unspecified atom stereocenters. The zero-order valence-corrected chi connectivity index (χ0v) is 21.3. The number of ether oxygens (including phenoxy) is 2. The van der Waals surface area contributed by atoms with Gasteiger partial charge in [-0.2, -0.15) is 0 Å². The third-order valence-corrected chi connectivity index (χ3v) is 6.15. The van der Waals surface area contributed by atoms with Crippen LogP contribution in [0, 0.1) is 0 Å². The highest BCUT2D eigenvalue weighted by atomic mass is 35.5. The van der Waals surface area contributed by atoms with Crippen molar-refractivity contribution in [1.82, 2.24) is 4.90 Å². The van der Waals surface area contributed by atoms with Crippen LogP contribution in [0.2, 0.25) is 0 Å². The number of esters is 1. The van der Waals surface area contributed by atoms with Crippen LogP contribution in [0.1, 0.15) is 57.4 Å². The molecule has 1 aromatic rings. The second-order valence-electron chi connectivity index (χ2n) is 9.05. The molecule has 2 rings (SSSR count). The summed E-state index contributed by atoms with van der Waals surface area (Å²) in [5, 5.41) is 0. The van der Waals surface area contributed by atoms with Crippen LogP contribution in [0.15, 0.2) is 36.4 Å². The van der Waals surface area contributed by atoms with E-state index in [1.807, 2.05) is 23.1 Å². The monoisotopic (exact) mass is 480 g/mol. The van der Waals surface area contributed by atoms with E-state index in [4.69, 9.17) is 9.47 Å². The van der Waals surface area contributed by atoms with Crippen molar-refractivity contribution in [3.05, 3.63) is 42.0 Å². The van der Waals surface area contributed by atoms with Gasteiger partial charge in [-0.1, -0.05) is 25.3 Å². The first-order valence-electron chi connectivity index (χ1n) is 12.0. The lowest BCUT2D eigenvalue weighted by Gasteiger charge is -2.33. The summed E-state index contributed by atoms with van der Waals surface area (Å²) >= 11 is 0. The van der Waals surface area contributed by atoms with Crippen molar-refractivity contribution < 1.29 is 36.0 Å². The predicted octanol–water partition coefficient (Wildman–Crippen LogP) is 1.34. The maximum Gasteiger partial charge on any atom is 0.302 e. The maximum atomic E-state index is 12.6. The molecule has 7 heteroatoms. The Morgan fingerprint density at radius 1 is 1.03 bits per heavy atom. The fourth-order valence-corrected chi connectivity index (χ4v) is 4.18. The molecule has 6 nitrogen and oxygen atoms in total. The second-order valence-corrected chi connectivity index (χ2v) is 9.05. The number of nitrogens with zero attached hydrogens (tertiary/aromatic N) is 2. The fraction of sp³-hybridized carbons (Fsp3) is 0.615. The van der Waals surface area contributed by atoms with Gasteiger partial charge in [0.1, 0.15) is 12.3 Å². The lowest BCUT2D eigenvalue weighted by atomic mass is 10.1. The van der Waals surface area contributed by atoms with Gasteiger partial charge in [-0.05, 0) is 49.6 Å². The van der Waals surface area contributed by atoms with Crippen LogP contribution in [0.25, 0.3) is 0 Å². The Morgan fingerprint density at radius 3 is 2.42 bits per heavy atom. The van der Waals surface area contributed by atoms with Crippen LogP contribution in [0.4, 0.5) is 0 Å². The van der Waals surface area contributed by atoms with Crippen molar-refractivity contribution in [3.63, 3.8) is 0 Å². The predicted molar refractivity (Wildman–Crippen MR) is 127 cm³/mol. The molecular formula is C26H41ClN2O4. The highest BCUT2D eigenvalue weighted by Gasteiger charge is 2.27. The SMILES string of the molecule is COc1ccc(C[N+]2(C)CCCN(C(=O)/C=C/CCCCCCCOC(C)=O)CC2)cc1.[Cl-]. The molecule has 0 N–H and O–H groups in total. The first-order valence-corrected chi connectivity index (χ1v) is 12.0. The smallest absolute Gasteiger partial charge is 0.302 e. The number of benzene rings is 1. The number of unbranched alkanes of at least 4 members (excludes halogenated alkanes) is 5. The minimum Gasteiger partial charge on any atom is -1.00 e. The number of hydrogen-bond acceptors (Lipinski definition) is 4. The minimum absolute atomic E-state index is 0. The Hall–Kier alpha value is -2.05. The molecule has 1 amide bonds. The molecule has 1 aliphatic rings. The Morgan fingerprint density at radius 2 is 1.73 bits per heavy atom. The van der Waals surface area contributed by atoms with Gasteiger partial charge in [0.2, 0.25) is 5.91 Å². The summed E-state index contributed by atoms with van der Waals surface area (Å²) < 4.78 is 11.1. The van der Waals surface area contributed by atoms with Crippen LogP contribution < -0.4 is 17.1 Å². The topological polar surface area (TPSA) is 55.8 Å². The number of methoxy groups -OCH3 is 1. The molecule has 186 valence electrons. The lowest BCUT2D eigenvalue weighted by molar-refractivity contribution is -0.920. The van der Waals surface area contributed by atoms with E-state index < -0.39 is 0 Å². The number of carbonyl (C=O) groups excluding carboxylic acids is 2. The summed E-state index contributed by atoms with van der Waals surface area (Å²) in [7, 11) is 3.98. The summed E-state index contributed by atoms with van der Waals surface area (Å²) in [6, 6.07) is 8.31. The van der Waals surface area contributed by atoms with Crippen molar-refractivity contribution in [1.29, 1.82) is 0 Å². The van der Waals surface area contributed by atoms with Gasteiger partial charge in [0.15, 0.2) is 0 Å². The van der Waals surface area contributed by atoms with Gasteiger partial charge in [0.25, 0.3) is 0 Å². The van der Waals surface area contributed by atoms with Gasteiger partial charge in [0.05, 0.1) is 40.4 Å².